The number of carbonyl (C=O) groups is 1. The fraction of sp³-hybridized carbons (Fsp3) is 0.556. The number of nitrogens with zero attached hydrogens (tertiary/aromatic N) is 2. The van der Waals surface area contributed by atoms with Crippen molar-refractivity contribution in [2.24, 2.45) is 0 Å². The Morgan fingerprint density at radius 2 is 2.36 bits per heavy atom. The molecule has 0 bridgehead atoms. The van der Waals surface area contributed by atoms with E-state index in [4.69, 9.17) is 0 Å². The van der Waals surface area contributed by atoms with Gasteiger partial charge in [-0.1, -0.05) is 0 Å². The Kier molecular flexibility index (Phi) is 4.71. The molecule has 0 fully saturated rings. The fourth-order valence-electron chi connectivity index (χ4n) is 1.06. The van der Waals surface area contributed by atoms with Crippen LogP contribution in [0.4, 0.5) is 0 Å². The van der Waals surface area contributed by atoms with Crippen LogP contribution in [0.3, 0.4) is 0 Å². The van der Waals surface area contributed by atoms with Gasteiger partial charge in [0.05, 0.1) is 6.33 Å². The van der Waals surface area contributed by atoms with Crippen LogP contribution in [0.25, 0.3) is 0 Å². The summed E-state index contributed by atoms with van der Waals surface area (Å²) in [7, 11) is 1.86. The van der Waals surface area contributed by atoms with E-state index < -0.39 is 0 Å². The van der Waals surface area contributed by atoms with Gasteiger partial charge in [0.2, 0.25) is 5.91 Å². The molecule has 0 spiro atoms. The second-order valence-corrected chi connectivity index (χ2v) is 3.00. The van der Waals surface area contributed by atoms with Crippen molar-refractivity contribution in [3.8, 4) is 0 Å². The van der Waals surface area contributed by atoms with Gasteiger partial charge in [0.15, 0.2) is 0 Å². The summed E-state index contributed by atoms with van der Waals surface area (Å²) in [4.78, 5) is 15.1. The van der Waals surface area contributed by atoms with E-state index in [2.05, 4.69) is 15.6 Å². The van der Waals surface area contributed by atoms with Gasteiger partial charge in [-0.3, -0.25) is 4.79 Å². The third-order valence-electron chi connectivity index (χ3n) is 1.85. The highest BCUT2D eigenvalue weighted by Gasteiger charge is 1.99. The molecule has 0 atom stereocenters. The van der Waals surface area contributed by atoms with Crippen molar-refractivity contribution < 1.29 is 4.79 Å². The van der Waals surface area contributed by atoms with Crippen LogP contribution < -0.4 is 10.6 Å². The van der Waals surface area contributed by atoms with Crippen LogP contribution in [-0.4, -0.2) is 35.6 Å². The third-order valence-corrected chi connectivity index (χ3v) is 1.85. The normalized spacial score (nSPS) is 10.1. The molecule has 1 heterocycles. The molecule has 78 valence electrons. The average molecular weight is 196 g/mol. The summed E-state index contributed by atoms with van der Waals surface area (Å²) < 4.78 is 1.89. The first-order valence-electron chi connectivity index (χ1n) is 4.70. The summed E-state index contributed by atoms with van der Waals surface area (Å²) in [6.07, 6.45) is 5.76. The molecule has 0 radical (unpaired) electrons. The minimum atomic E-state index is 0.0777. The molecular formula is C9H16N4O. The molecular weight excluding hydrogens is 180 g/mol. The number of carbonyl (C=O) groups excluding carboxylic acids is 1. The molecule has 0 saturated carbocycles. The van der Waals surface area contributed by atoms with Crippen LogP contribution >= 0.6 is 0 Å². The quantitative estimate of drug-likeness (QED) is 0.609. The number of nitrogens with one attached hydrogen (secondary N) is 2. The summed E-state index contributed by atoms with van der Waals surface area (Å²) in [5.41, 5.74) is 0. The zero-order chi connectivity index (χ0) is 10.2. The molecule has 14 heavy (non-hydrogen) atoms. The van der Waals surface area contributed by atoms with Crippen molar-refractivity contribution in [2.75, 3.05) is 20.1 Å². The maximum absolute atomic E-state index is 11.2. The van der Waals surface area contributed by atoms with Crippen molar-refractivity contribution in [1.29, 1.82) is 0 Å². The number of hydrogen-bond acceptors (Lipinski definition) is 3. The van der Waals surface area contributed by atoms with Crippen LogP contribution in [0.5, 0.6) is 0 Å². The first-order valence-corrected chi connectivity index (χ1v) is 4.70. The Balaban J connectivity index is 2.09. The van der Waals surface area contributed by atoms with Gasteiger partial charge in [-0.25, -0.2) is 4.98 Å². The van der Waals surface area contributed by atoms with Crippen LogP contribution in [0.15, 0.2) is 18.7 Å². The topological polar surface area (TPSA) is 58.9 Å². The Bertz CT molecular complexity index is 258. The zero-order valence-corrected chi connectivity index (χ0v) is 8.36. The van der Waals surface area contributed by atoms with Gasteiger partial charge in [-0.2, -0.15) is 0 Å². The lowest BCUT2D eigenvalue weighted by Gasteiger charge is -2.04. The Morgan fingerprint density at radius 3 is 3.00 bits per heavy atom. The largest absolute Gasteiger partial charge is 0.355 e. The van der Waals surface area contributed by atoms with Gasteiger partial charge in [0.25, 0.3) is 0 Å². The number of aromatic nitrogens is 2. The molecule has 0 aromatic carbocycles. The second-order valence-electron chi connectivity index (χ2n) is 3.00. The SMILES string of the molecule is CNCCNC(=O)CCn1ccnc1. The first-order chi connectivity index (χ1) is 6.83. The number of imidazole rings is 1. The number of hydrogen-bond donors (Lipinski definition) is 2. The van der Waals surface area contributed by atoms with Crippen molar-refractivity contribution >= 4 is 5.91 Å². The van der Waals surface area contributed by atoms with Gasteiger partial charge in [0, 0.05) is 38.4 Å². The lowest BCUT2D eigenvalue weighted by molar-refractivity contribution is -0.121. The molecule has 5 nitrogen and oxygen atoms in total. The molecule has 1 aromatic rings. The van der Waals surface area contributed by atoms with E-state index in [1.807, 2.05) is 17.8 Å². The zero-order valence-electron chi connectivity index (χ0n) is 8.36. The predicted octanol–water partition coefficient (Wildman–Crippen LogP) is -0.391. The van der Waals surface area contributed by atoms with E-state index in [1.165, 1.54) is 0 Å². The first kappa shape index (κ1) is 10.7. The standard InChI is InChI=1S/C9H16N4O/c1-10-3-4-12-9(14)2-6-13-7-5-11-8-13/h5,7-8,10H,2-4,6H2,1H3,(H,12,14). The summed E-state index contributed by atoms with van der Waals surface area (Å²) >= 11 is 0. The molecule has 1 aromatic heterocycles. The number of rotatable bonds is 6. The van der Waals surface area contributed by atoms with E-state index in [1.54, 1.807) is 12.5 Å². The highest BCUT2D eigenvalue weighted by atomic mass is 16.1. The molecule has 1 amide bonds. The van der Waals surface area contributed by atoms with Gasteiger partial charge in [0.1, 0.15) is 0 Å². The molecule has 0 aliphatic carbocycles. The molecule has 5 heteroatoms. The Hall–Kier alpha value is -1.36. The number of amides is 1. The van der Waals surface area contributed by atoms with Crippen LogP contribution in [0, 0.1) is 0 Å². The van der Waals surface area contributed by atoms with Crippen molar-refractivity contribution in [3.05, 3.63) is 18.7 Å². The monoisotopic (exact) mass is 196 g/mol. The molecule has 0 unspecified atom stereocenters. The van der Waals surface area contributed by atoms with Crippen molar-refractivity contribution in [1.82, 2.24) is 20.2 Å². The van der Waals surface area contributed by atoms with Crippen molar-refractivity contribution in [2.45, 2.75) is 13.0 Å². The summed E-state index contributed by atoms with van der Waals surface area (Å²) in [6.45, 7) is 2.17. The lowest BCUT2D eigenvalue weighted by Crippen LogP contribution is -2.30. The maximum atomic E-state index is 11.2. The van der Waals surface area contributed by atoms with E-state index in [0.29, 0.717) is 19.5 Å². The summed E-state index contributed by atoms with van der Waals surface area (Å²) in [5, 5.41) is 5.77. The van der Waals surface area contributed by atoms with Gasteiger partial charge < -0.3 is 15.2 Å². The molecule has 2 N–H and O–H groups in total. The number of aryl methyl sites for hydroxylation is 1. The molecule has 0 saturated heterocycles. The highest BCUT2D eigenvalue weighted by molar-refractivity contribution is 5.75. The van der Waals surface area contributed by atoms with E-state index >= 15 is 0 Å². The minimum Gasteiger partial charge on any atom is -0.355 e. The van der Waals surface area contributed by atoms with Gasteiger partial charge in [-0.05, 0) is 7.05 Å². The van der Waals surface area contributed by atoms with E-state index in [-0.39, 0.29) is 5.91 Å². The third kappa shape index (κ3) is 4.04. The fourth-order valence-corrected chi connectivity index (χ4v) is 1.06. The van der Waals surface area contributed by atoms with Crippen LogP contribution in [-0.2, 0) is 11.3 Å². The molecule has 0 aliphatic heterocycles. The minimum absolute atomic E-state index is 0.0777. The summed E-state index contributed by atoms with van der Waals surface area (Å²) in [5.74, 6) is 0.0777. The predicted molar refractivity (Wildman–Crippen MR) is 53.8 cm³/mol. The van der Waals surface area contributed by atoms with E-state index in [9.17, 15) is 4.79 Å². The smallest absolute Gasteiger partial charge is 0.221 e. The Morgan fingerprint density at radius 1 is 1.50 bits per heavy atom. The van der Waals surface area contributed by atoms with Crippen LogP contribution in [0.1, 0.15) is 6.42 Å². The van der Waals surface area contributed by atoms with Crippen LogP contribution in [0.2, 0.25) is 0 Å². The average Bonchev–Trinajstić information content (AvgIpc) is 2.68. The summed E-state index contributed by atoms with van der Waals surface area (Å²) in [6, 6.07) is 0. The second kappa shape index (κ2) is 6.15. The lowest BCUT2D eigenvalue weighted by atomic mass is 10.4. The maximum Gasteiger partial charge on any atom is 0.221 e. The van der Waals surface area contributed by atoms with Crippen molar-refractivity contribution in [3.63, 3.8) is 0 Å². The van der Waals surface area contributed by atoms with Gasteiger partial charge in [-0.15, -0.1) is 0 Å². The van der Waals surface area contributed by atoms with E-state index in [0.717, 1.165) is 6.54 Å². The van der Waals surface area contributed by atoms with Gasteiger partial charge >= 0.3 is 0 Å². The number of likely N-dealkylation sites (N-methyl/N-ethyl adjacent to an activating group) is 1. The molecule has 0 aliphatic rings. The highest BCUT2D eigenvalue weighted by Crippen LogP contribution is 1.89. The molecule has 1 rings (SSSR count). The Labute approximate surface area is 83.5 Å².